The number of nitrogens with zero attached hydrogens (tertiary/aromatic N) is 1. The molecule has 0 saturated carbocycles. The Morgan fingerprint density at radius 3 is 1.85 bits per heavy atom. The first-order valence-electron chi connectivity index (χ1n) is 5.53. The fraction of sp³-hybridized carbons (Fsp3) is 0.308. The zero-order valence-corrected chi connectivity index (χ0v) is 12.9. The van der Waals surface area contributed by atoms with Gasteiger partial charge in [0.15, 0.2) is 0 Å². The molecule has 114 valence electrons. The molecular weight excluding hydrogens is 282 g/mol. The zero-order chi connectivity index (χ0) is 16.0. The van der Waals surface area contributed by atoms with E-state index in [0.29, 0.717) is 0 Å². The minimum atomic E-state index is -4.16. The number of carbonyl (C=O) groups is 1. The standard InChI is InChI=1S/C9H8O.C3H9N.CH4O4S/c10-8-4-7-9-5-2-1-3-6-9;1-4(2)3;1-5-6(2,3)4/h1-8H;1-3H3;1H3,(H,2,3,4). The van der Waals surface area contributed by atoms with Gasteiger partial charge in [0.1, 0.15) is 6.29 Å². The van der Waals surface area contributed by atoms with Gasteiger partial charge in [-0.25, -0.2) is 0 Å². The summed E-state index contributed by atoms with van der Waals surface area (Å²) in [6, 6.07) is 9.70. The Morgan fingerprint density at radius 2 is 1.55 bits per heavy atom. The maximum absolute atomic E-state index is 9.89. The lowest BCUT2D eigenvalue weighted by molar-refractivity contribution is -0.104. The van der Waals surface area contributed by atoms with E-state index in [1.165, 1.54) is 6.08 Å². The summed E-state index contributed by atoms with van der Waals surface area (Å²) in [5, 5.41) is 0. The summed E-state index contributed by atoms with van der Waals surface area (Å²) < 4.78 is 29.7. The SMILES string of the molecule is CN(C)C.COS(=O)(=O)O.O=CC=Cc1ccccc1. The Balaban J connectivity index is 0. The van der Waals surface area contributed by atoms with E-state index in [1.807, 2.05) is 56.4 Å². The first kappa shape index (κ1) is 20.8. The van der Waals surface area contributed by atoms with E-state index in [9.17, 15) is 13.2 Å². The average molecular weight is 303 g/mol. The highest BCUT2D eigenvalue weighted by atomic mass is 32.3. The molecule has 0 atom stereocenters. The summed E-state index contributed by atoms with van der Waals surface area (Å²) in [6.45, 7) is 0. The molecule has 0 amide bonds. The van der Waals surface area contributed by atoms with E-state index in [0.717, 1.165) is 19.0 Å². The Kier molecular flexibility index (Phi) is 13.0. The summed E-state index contributed by atoms with van der Waals surface area (Å²) in [7, 11) is 2.71. The zero-order valence-electron chi connectivity index (χ0n) is 12.1. The van der Waals surface area contributed by atoms with Crippen LogP contribution in [0.4, 0.5) is 0 Å². The number of aldehydes is 1. The molecular formula is C13H21NO5S. The number of benzene rings is 1. The quantitative estimate of drug-likeness (QED) is 0.518. The van der Waals surface area contributed by atoms with Gasteiger partial charge in [0.25, 0.3) is 0 Å². The van der Waals surface area contributed by atoms with Gasteiger partial charge in [-0.2, -0.15) is 8.42 Å². The predicted octanol–water partition coefficient (Wildman–Crippen LogP) is 1.51. The van der Waals surface area contributed by atoms with Crippen molar-refractivity contribution in [3.8, 4) is 0 Å². The van der Waals surface area contributed by atoms with Crippen molar-refractivity contribution in [1.29, 1.82) is 0 Å². The smallest absolute Gasteiger partial charge is 0.312 e. The fourth-order valence-electron chi connectivity index (χ4n) is 0.715. The number of hydrogen-bond acceptors (Lipinski definition) is 5. The van der Waals surface area contributed by atoms with Gasteiger partial charge in [0.2, 0.25) is 0 Å². The van der Waals surface area contributed by atoms with Crippen molar-refractivity contribution >= 4 is 22.8 Å². The molecule has 1 N–H and O–H groups in total. The molecule has 0 saturated heterocycles. The third-order valence-electron chi connectivity index (χ3n) is 1.38. The van der Waals surface area contributed by atoms with Gasteiger partial charge in [-0.05, 0) is 32.8 Å². The molecule has 0 fully saturated rings. The number of carbonyl (C=O) groups excluding carboxylic acids is 1. The summed E-state index contributed by atoms with van der Waals surface area (Å²) in [5.74, 6) is 0. The van der Waals surface area contributed by atoms with Crippen molar-refractivity contribution in [1.82, 2.24) is 4.90 Å². The molecule has 1 aromatic rings. The fourth-order valence-corrected chi connectivity index (χ4v) is 0.715. The molecule has 7 heteroatoms. The molecule has 0 unspecified atom stereocenters. The summed E-state index contributed by atoms with van der Waals surface area (Å²) in [5.41, 5.74) is 1.05. The highest BCUT2D eigenvalue weighted by Gasteiger charge is 1.94. The van der Waals surface area contributed by atoms with E-state index >= 15 is 0 Å². The minimum Gasteiger partial charge on any atom is -0.312 e. The maximum atomic E-state index is 9.89. The number of hydrogen-bond donors (Lipinski definition) is 1. The lowest BCUT2D eigenvalue weighted by Gasteiger charge is -1.90. The van der Waals surface area contributed by atoms with E-state index in [-0.39, 0.29) is 0 Å². The molecule has 0 radical (unpaired) electrons. The topological polar surface area (TPSA) is 83.9 Å². The molecule has 0 heterocycles. The summed E-state index contributed by atoms with van der Waals surface area (Å²) in [6.07, 6.45) is 4.02. The number of allylic oxidation sites excluding steroid dienone is 1. The van der Waals surface area contributed by atoms with Crippen LogP contribution in [0.2, 0.25) is 0 Å². The van der Waals surface area contributed by atoms with Crippen LogP contribution >= 0.6 is 0 Å². The Bertz CT molecular complexity index is 466. The molecule has 0 aliphatic heterocycles. The van der Waals surface area contributed by atoms with E-state index in [1.54, 1.807) is 6.08 Å². The van der Waals surface area contributed by atoms with Crippen LogP contribution < -0.4 is 0 Å². The molecule has 1 rings (SSSR count). The Labute approximate surface area is 120 Å². The van der Waals surface area contributed by atoms with Gasteiger partial charge >= 0.3 is 10.4 Å². The van der Waals surface area contributed by atoms with Crippen molar-refractivity contribution in [2.45, 2.75) is 0 Å². The molecule has 0 aromatic heterocycles. The second kappa shape index (κ2) is 12.5. The van der Waals surface area contributed by atoms with Crippen molar-refractivity contribution < 1.29 is 21.9 Å². The van der Waals surface area contributed by atoms with Crippen LogP contribution in [-0.4, -0.2) is 52.4 Å². The monoisotopic (exact) mass is 303 g/mol. The van der Waals surface area contributed by atoms with Crippen LogP contribution in [0.25, 0.3) is 6.08 Å². The summed E-state index contributed by atoms with van der Waals surface area (Å²) in [4.78, 5) is 11.9. The van der Waals surface area contributed by atoms with Gasteiger partial charge in [0.05, 0.1) is 7.11 Å². The van der Waals surface area contributed by atoms with Gasteiger partial charge in [-0.1, -0.05) is 36.4 Å². The molecule has 1 aromatic carbocycles. The Morgan fingerprint density at radius 1 is 1.15 bits per heavy atom. The predicted molar refractivity (Wildman–Crippen MR) is 79.7 cm³/mol. The van der Waals surface area contributed by atoms with Crippen LogP contribution in [0.1, 0.15) is 5.56 Å². The van der Waals surface area contributed by atoms with Crippen molar-refractivity contribution in [2.24, 2.45) is 0 Å². The van der Waals surface area contributed by atoms with E-state index < -0.39 is 10.4 Å². The molecule has 6 nitrogen and oxygen atoms in total. The van der Waals surface area contributed by atoms with Crippen LogP contribution in [0, 0.1) is 0 Å². The first-order chi connectivity index (χ1) is 9.22. The molecule has 20 heavy (non-hydrogen) atoms. The Hall–Kier alpha value is -1.54. The summed E-state index contributed by atoms with van der Waals surface area (Å²) >= 11 is 0. The van der Waals surface area contributed by atoms with Gasteiger partial charge in [-0.15, -0.1) is 0 Å². The lowest BCUT2D eigenvalue weighted by Crippen LogP contribution is -1.99. The minimum absolute atomic E-state index is 0.771. The molecule has 0 bridgehead atoms. The molecule has 0 aliphatic carbocycles. The van der Waals surface area contributed by atoms with Crippen LogP contribution in [0.5, 0.6) is 0 Å². The number of rotatable bonds is 3. The second-order valence-corrected chi connectivity index (χ2v) is 5.03. The molecule has 0 spiro atoms. The van der Waals surface area contributed by atoms with Crippen molar-refractivity contribution in [3.63, 3.8) is 0 Å². The maximum Gasteiger partial charge on any atom is 0.397 e. The first-order valence-corrected chi connectivity index (χ1v) is 6.90. The van der Waals surface area contributed by atoms with E-state index in [2.05, 4.69) is 4.18 Å². The third kappa shape index (κ3) is 21.7. The third-order valence-corrected chi connectivity index (χ3v) is 1.80. The van der Waals surface area contributed by atoms with Crippen LogP contribution in [0.3, 0.4) is 0 Å². The largest absolute Gasteiger partial charge is 0.397 e. The van der Waals surface area contributed by atoms with Crippen molar-refractivity contribution in [2.75, 3.05) is 28.3 Å². The van der Waals surface area contributed by atoms with Crippen LogP contribution in [0.15, 0.2) is 36.4 Å². The normalized spacial score (nSPS) is 10.3. The van der Waals surface area contributed by atoms with Gasteiger partial charge < -0.3 is 4.90 Å². The van der Waals surface area contributed by atoms with Crippen molar-refractivity contribution in [3.05, 3.63) is 42.0 Å². The van der Waals surface area contributed by atoms with E-state index in [4.69, 9.17) is 4.55 Å². The molecule has 0 aliphatic rings. The lowest BCUT2D eigenvalue weighted by atomic mass is 10.2. The van der Waals surface area contributed by atoms with Gasteiger partial charge in [0, 0.05) is 0 Å². The highest BCUT2D eigenvalue weighted by molar-refractivity contribution is 7.80. The average Bonchev–Trinajstić information content (AvgIpc) is 2.37. The van der Waals surface area contributed by atoms with Gasteiger partial charge in [-0.3, -0.25) is 13.5 Å². The highest BCUT2D eigenvalue weighted by Crippen LogP contribution is 1.99. The van der Waals surface area contributed by atoms with Crippen LogP contribution in [-0.2, 0) is 19.4 Å². The second-order valence-electron chi connectivity index (χ2n) is 3.84.